The smallest absolute Gasteiger partial charge is 0.311 e. The Morgan fingerprint density at radius 1 is 1.05 bits per heavy atom. The highest BCUT2D eigenvalue weighted by Gasteiger charge is 2.29. The number of ether oxygens (including phenoxy) is 2. The summed E-state index contributed by atoms with van der Waals surface area (Å²) in [6.07, 6.45) is 2.90. The molecule has 4 aromatic rings. The summed E-state index contributed by atoms with van der Waals surface area (Å²) in [5, 5.41) is 12.8. The molecule has 6 nitrogen and oxygen atoms in total. The van der Waals surface area contributed by atoms with Gasteiger partial charge >= 0.3 is 5.97 Å². The highest BCUT2D eigenvalue weighted by atomic mass is 35.5. The third-order valence-corrected chi connectivity index (χ3v) is 7.20. The van der Waals surface area contributed by atoms with Gasteiger partial charge in [-0.15, -0.1) is 0 Å². The number of carboxylic acid groups (broad SMARTS) is 1. The van der Waals surface area contributed by atoms with Crippen molar-refractivity contribution in [2.75, 3.05) is 13.2 Å². The minimum absolute atomic E-state index is 0.181. The van der Waals surface area contributed by atoms with Crippen LogP contribution in [0.1, 0.15) is 39.4 Å². The molecule has 0 aliphatic carbocycles. The monoisotopic (exact) mass is 553 g/mol. The summed E-state index contributed by atoms with van der Waals surface area (Å²) in [7, 11) is 0. The van der Waals surface area contributed by atoms with Gasteiger partial charge < -0.3 is 19.9 Å². The molecule has 1 aliphatic heterocycles. The Morgan fingerprint density at radius 2 is 1.80 bits per heavy atom. The number of nitrogens with one attached hydrogen (secondary N) is 1. The molecule has 0 aromatic heterocycles. The van der Waals surface area contributed by atoms with Crippen LogP contribution in [0.4, 0.5) is 0 Å². The summed E-state index contributed by atoms with van der Waals surface area (Å²) in [6, 6.07) is 26.4. The van der Waals surface area contributed by atoms with Gasteiger partial charge in [-0.1, -0.05) is 72.8 Å². The number of carbonyl (C=O) groups excluding carboxylic acids is 1. The number of rotatable bonds is 9. The maximum absolute atomic E-state index is 12.8. The first-order chi connectivity index (χ1) is 19.4. The SMILES string of the molecule is C=Cc1ccc(-c2ccccc2CCNC(=O)c2ccc(Oc3cc4c(cc3Cl)C(C(=O)O)CCO4)cc2)cc1. The second-order valence-corrected chi connectivity index (χ2v) is 9.87. The molecule has 2 N–H and O–H groups in total. The maximum Gasteiger partial charge on any atom is 0.311 e. The minimum atomic E-state index is -0.911. The van der Waals surface area contributed by atoms with Crippen LogP contribution < -0.4 is 14.8 Å². The van der Waals surface area contributed by atoms with E-state index in [0.29, 0.717) is 54.4 Å². The average Bonchev–Trinajstić information content (AvgIpc) is 2.98. The fourth-order valence-electron chi connectivity index (χ4n) is 4.76. The van der Waals surface area contributed by atoms with Crippen molar-refractivity contribution in [2.24, 2.45) is 0 Å². The Hall–Kier alpha value is -4.55. The van der Waals surface area contributed by atoms with Crippen molar-refractivity contribution in [1.82, 2.24) is 5.32 Å². The highest BCUT2D eigenvalue weighted by Crippen LogP contribution is 2.41. The van der Waals surface area contributed by atoms with Gasteiger partial charge in [0.15, 0.2) is 0 Å². The number of aliphatic carboxylic acids is 1. The number of fused-ring (bicyclic) bond motifs is 1. The molecule has 0 bridgehead atoms. The Labute approximate surface area is 237 Å². The third kappa shape index (κ3) is 6.03. The molecule has 7 heteroatoms. The van der Waals surface area contributed by atoms with E-state index in [4.69, 9.17) is 21.1 Å². The molecule has 4 aromatic carbocycles. The van der Waals surface area contributed by atoms with Gasteiger partial charge in [0.05, 0.1) is 17.5 Å². The Bertz CT molecular complexity index is 1550. The quantitative estimate of drug-likeness (QED) is 0.226. The van der Waals surface area contributed by atoms with Gasteiger partial charge in [-0.2, -0.15) is 0 Å². The van der Waals surface area contributed by atoms with Crippen LogP contribution >= 0.6 is 11.6 Å². The lowest BCUT2D eigenvalue weighted by Gasteiger charge is -2.24. The largest absolute Gasteiger partial charge is 0.493 e. The van der Waals surface area contributed by atoms with E-state index in [1.54, 1.807) is 36.4 Å². The van der Waals surface area contributed by atoms with Crippen molar-refractivity contribution in [3.05, 3.63) is 119 Å². The normalized spacial score (nSPS) is 14.0. The molecule has 1 aliphatic rings. The Kier molecular flexibility index (Phi) is 8.18. The highest BCUT2D eigenvalue weighted by molar-refractivity contribution is 6.32. The van der Waals surface area contributed by atoms with Gasteiger partial charge in [-0.25, -0.2) is 0 Å². The second kappa shape index (κ2) is 12.1. The van der Waals surface area contributed by atoms with E-state index in [9.17, 15) is 14.7 Å². The van der Waals surface area contributed by atoms with Gasteiger partial charge in [-0.3, -0.25) is 9.59 Å². The van der Waals surface area contributed by atoms with Crippen LogP contribution in [-0.2, 0) is 11.2 Å². The first-order valence-electron chi connectivity index (χ1n) is 13.0. The van der Waals surface area contributed by atoms with E-state index in [-0.39, 0.29) is 10.9 Å². The predicted molar refractivity (Wildman–Crippen MR) is 156 cm³/mol. The summed E-state index contributed by atoms with van der Waals surface area (Å²) >= 11 is 6.39. The summed E-state index contributed by atoms with van der Waals surface area (Å²) in [4.78, 5) is 24.3. The molecule has 40 heavy (non-hydrogen) atoms. The van der Waals surface area contributed by atoms with Crippen molar-refractivity contribution >= 4 is 29.6 Å². The van der Waals surface area contributed by atoms with Crippen molar-refractivity contribution < 1.29 is 24.2 Å². The number of hydrogen-bond donors (Lipinski definition) is 2. The molecule has 1 amide bonds. The van der Waals surface area contributed by atoms with Crippen LogP contribution in [0, 0.1) is 0 Å². The number of halogens is 1. The van der Waals surface area contributed by atoms with E-state index < -0.39 is 11.9 Å². The summed E-state index contributed by atoms with van der Waals surface area (Å²) in [5.41, 5.74) is 5.52. The van der Waals surface area contributed by atoms with Crippen molar-refractivity contribution in [3.63, 3.8) is 0 Å². The van der Waals surface area contributed by atoms with Gasteiger partial charge in [0.2, 0.25) is 0 Å². The van der Waals surface area contributed by atoms with E-state index in [2.05, 4.69) is 36.2 Å². The summed E-state index contributed by atoms with van der Waals surface area (Å²) < 4.78 is 11.6. The fraction of sp³-hybridized carbons (Fsp3) is 0.152. The molecular weight excluding hydrogens is 526 g/mol. The average molecular weight is 554 g/mol. The molecule has 5 rings (SSSR count). The van der Waals surface area contributed by atoms with Gasteiger partial charge in [0, 0.05) is 23.7 Å². The lowest BCUT2D eigenvalue weighted by Crippen LogP contribution is -2.25. The zero-order valence-corrected chi connectivity index (χ0v) is 22.5. The topological polar surface area (TPSA) is 84.9 Å². The first-order valence-corrected chi connectivity index (χ1v) is 13.4. The van der Waals surface area contributed by atoms with E-state index in [0.717, 1.165) is 22.3 Å². The van der Waals surface area contributed by atoms with Crippen molar-refractivity contribution in [3.8, 4) is 28.4 Å². The maximum atomic E-state index is 12.8. The Morgan fingerprint density at radius 3 is 2.52 bits per heavy atom. The third-order valence-electron chi connectivity index (χ3n) is 6.90. The molecule has 0 saturated heterocycles. The van der Waals surface area contributed by atoms with Crippen LogP contribution in [0.5, 0.6) is 17.2 Å². The Balaban J connectivity index is 1.20. The zero-order chi connectivity index (χ0) is 28.1. The number of carbonyl (C=O) groups is 2. The van der Waals surface area contributed by atoms with Crippen LogP contribution in [-0.4, -0.2) is 30.1 Å². The van der Waals surface area contributed by atoms with E-state index in [1.165, 1.54) is 0 Å². The molecule has 0 radical (unpaired) electrons. The lowest BCUT2D eigenvalue weighted by atomic mass is 9.93. The summed E-state index contributed by atoms with van der Waals surface area (Å²) in [6.45, 7) is 4.60. The van der Waals surface area contributed by atoms with Gasteiger partial charge in [-0.05, 0) is 65.4 Å². The number of benzene rings is 4. The standard InChI is InChI=1S/C33H28ClNO5/c1-2-21-7-9-23(10-8-21)26-6-4-3-5-22(26)15-17-35-32(36)24-11-13-25(14-12-24)40-31-20-30-28(19-29(31)34)27(33(37)38)16-18-39-30/h2-14,19-20,27H,1,15-18H2,(H,35,36)(H,37,38). The van der Waals surface area contributed by atoms with Crippen LogP contribution in [0.25, 0.3) is 17.2 Å². The van der Waals surface area contributed by atoms with Gasteiger partial charge in [0.1, 0.15) is 17.2 Å². The van der Waals surface area contributed by atoms with Crippen LogP contribution in [0.3, 0.4) is 0 Å². The minimum Gasteiger partial charge on any atom is -0.493 e. The van der Waals surface area contributed by atoms with E-state index >= 15 is 0 Å². The molecular formula is C33H28ClNO5. The molecule has 1 unspecified atom stereocenters. The molecule has 1 atom stereocenters. The summed E-state index contributed by atoms with van der Waals surface area (Å²) in [5.74, 6) is -0.470. The van der Waals surface area contributed by atoms with Crippen LogP contribution in [0.15, 0.2) is 91.5 Å². The van der Waals surface area contributed by atoms with Crippen LogP contribution in [0.2, 0.25) is 5.02 Å². The first kappa shape index (κ1) is 27.0. The fourth-order valence-corrected chi connectivity index (χ4v) is 4.97. The second-order valence-electron chi connectivity index (χ2n) is 9.46. The number of amides is 1. The van der Waals surface area contributed by atoms with E-state index in [1.807, 2.05) is 30.3 Å². The van der Waals surface area contributed by atoms with Crippen molar-refractivity contribution in [1.29, 1.82) is 0 Å². The number of carboxylic acids is 1. The van der Waals surface area contributed by atoms with Gasteiger partial charge in [0.25, 0.3) is 5.91 Å². The molecule has 0 fully saturated rings. The lowest BCUT2D eigenvalue weighted by molar-refractivity contribution is -0.139. The molecule has 0 saturated carbocycles. The molecule has 1 heterocycles. The molecule has 0 spiro atoms. The predicted octanol–water partition coefficient (Wildman–Crippen LogP) is 7.37. The zero-order valence-electron chi connectivity index (χ0n) is 21.7. The van der Waals surface area contributed by atoms with Crippen molar-refractivity contribution in [2.45, 2.75) is 18.8 Å². The molecule has 202 valence electrons. The number of hydrogen-bond acceptors (Lipinski definition) is 4.